The summed E-state index contributed by atoms with van der Waals surface area (Å²) in [6, 6.07) is 21.0. The van der Waals surface area contributed by atoms with Crippen LogP contribution in [0.25, 0.3) is 6.08 Å². The van der Waals surface area contributed by atoms with E-state index in [1.165, 1.54) is 28.8 Å². The number of ether oxygens (including phenoxy) is 1. The number of benzene rings is 3. The highest BCUT2D eigenvalue weighted by Gasteiger charge is 2.33. The number of rotatable bonds is 6. The molecule has 0 atom stereocenters. The zero-order valence-corrected chi connectivity index (χ0v) is 19.7. The molecule has 160 valence electrons. The van der Waals surface area contributed by atoms with Crippen molar-refractivity contribution in [2.45, 2.75) is 6.61 Å². The van der Waals surface area contributed by atoms with Gasteiger partial charge in [-0.15, -0.1) is 0 Å². The molecule has 3 aromatic rings. The van der Waals surface area contributed by atoms with Crippen molar-refractivity contribution in [1.82, 2.24) is 0 Å². The number of halogens is 1. The number of hydrogen-bond acceptors (Lipinski definition) is 6. The molecule has 0 unspecified atom stereocenters. The highest BCUT2D eigenvalue weighted by Crippen LogP contribution is 2.36. The molecule has 0 aromatic heterocycles. The maximum atomic E-state index is 12.9. The van der Waals surface area contributed by atoms with Gasteiger partial charge < -0.3 is 4.74 Å². The molecule has 0 aliphatic carbocycles. The number of nitro groups is 1. The van der Waals surface area contributed by atoms with E-state index in [4.69, 9.17) is 17.0 Å². The van der Waals surface area contributed by atoms with E-state index in [1.54, 1.807) is 18.2 Å². The Kier molecular flexibility index (Phi) is 6.69. The van der Waals surface area contributed by atoms with Crippen LogP contribution in [-0.2, 0) is 11.4 Å². The molecule has 1 saturated heterocycles. The van der Waals surface area contributed by atoms with E-state index in [0.29, 0.717) is 21.6 Å². The molecule has 6 nitrogen and oxygen atoms in total. The second-order valence-corrected chi connectivity index (χ2v) is 9.37. The zero-order chi connectivity index (χ0) is 22.7. The van der Waals surface area contributed by atoms with E-state index >= 15 is 0 Å². The van der Waals surface area contributed by atoms with Crippen LogP contribution in [0, 0.1) is 10.1 Å². The van der Waals surface area contributed by atoms with E-state index < -0.39 is 4.92 Å². The van der Waals surface area contributed by atoms with Gasteiger partial charge in [0.1, 0.15) is 12.4 Å². The summed E-state index contributed by atoms with van der Waals surface area (Å²) in [6.45, 7) is 0.295. The molecular formula is C23H15BrN2O4S2. The smallest absolute Gasteiger partial charge is 0.270 e. The number of carbonyl (C=O) groups excluding carboxylic acids is 1. The van der Waals surface area contributed by atoms with Crippen LogP contribution in [-0.4, -0.2) is 15.2 Å². The van der Waals surface area contributed by atoms with Crippen molar-refractivity contribution < 1.29 is 14.5 Å². The maximum absolute atomic E-state index is 12.9. The molecule has 32 heavy (non-hydrogen) atoms. The maximum Gasteiger partial charge on any atom is 0.270 e. The topological polar surface area (TPSA) is 72.7 Å². The highest BCUT2D eigenvalue weighted by molar-refractivity contribution is 9.10. The third-order valence-corrected chi connectivity index (χ3v) is 6.44. The molecule has 0 saturated carbocycles. The van der Waals surface area contributed by atoms with Gasteiger partial charge in [0.05, 0.1) is 15.5 Å². The molecule has 3 aromatic carbocycles. The molecule has 9 heteroatoms. The molecule has 0 bridgehead atoms. The highest BCUT2D eigenvalue weighted by atomic mass is 79.9. The Balaban J connectivity index is 1.41. The van der Waals surface area contributed by atoms with Gasteiger partial charge in [0, 0.05) is 16.6 Å². The van der Waals surface area contributed by atoms with Crippen molar-refractivity contribution in [3.8, 4) is 5.75 Å². The van der Waals surface area contributed by atoms with Crippen LogP contribution in [0.3, 0.4) is 0 Å². The van der Waals surface area contributed by atoms with Crippen molar-refractivity contribution >= 4 is 67.6 Å². The lowest BCUT2D eigenvalue weighted by Gasteiger charge is -2.14. The summed E-state index contributed by atoms with van der Waals surface area (Å²) in [4.78, 5) is 25.2. The number of amides is 1. The molecule has 0 spiro atoms. The van der Waals surface area contributed by atoms with Crippen LogP contribution in [0.4, 0.5) is 11.4 Å². The van der Waals surface area contributed by atoms with Gasteiger partial charge in [0.15, 0.2) is 4.32 Å². The first kappa shape index (κ1) is 22.2. The normalized spacial score (nSPS) is 14.8. The van der Waals surface area contributed by atoms with Gasteiger partial charge in [-0.25, -0.2) is 0 Å². The predicted molar refractivity (Wildman–Crippen MR) is 134 cm³/mol. The number of carbonyl (C=O) groups is 1. The average Bonchev–Trinajstić information content (AvgIpc) is 3.07. The molecule has 0 radical (unpaired) electrons. The van der Waals surface area contributed by atoms with E-state index in [2.05, 4.69) is 15.9 Å². The standard InChI is InChI=1S/C23H15BrN2O4S2/c24-17-5-9-18(10-6-17)25-22(27)21(32-23(25)31)13-15-3-11-20(12-4-15)30-14-16-1-7-19(8-2-16)26(28)29/h1-13H,14H2/b21-13+. The van der Waals surface area contributed by atoms with Crippen LogP contribution >= 0.6 is 39.9 Å². The van der Waals surface area contributed by atoms with Crippen LogP contribution < -0.4 is 9.64 Å². The molecule has 1 heterocycles. The first-order valence-corrected chi connectivity index (χ1v) is 11.4. The van der Waals surface area contributed by atoms with E-state index in [0.717, 1.165) is 21.3 Å². The lowest BCUT2D eigenvalue weighted by atomic mass is 10.2. The Bertz CT molecular complexity index is 1210. The van der Waals surface area contributed by atoms with Gasteiger partial charge >= 0.3 is 0 Å². The second kappa shape index (κ2) is 9.64. The zero-order valence-electron chi connectivity index (χ0n) is 16.4. The number of anilines is 1. The van der Waals surface area contributed by atoms with Crippen LogP contribution in [0.2, 0.25) is 0 Å². The van der Waals surface area contributed by atoms with E-state index in [9.17, 15) is 14.9 Å². The van der Waals surface area contributed by atoms with Crippen molar-refractivity contribution in [3.05, 3.63) is 103 Å². The molecule has 0 N–H and O–H groups in total. The fourth-order valence-electron chi connectivity index (χ4n) is 2.97. The number of non-ortho nitro benzene ring substituents is 1. The van der Waals surface area contributed by atoms with Gasteiger partial charge in [-0.2, -0.15) is 0 Å². The van der Waals surface area contributed by atoms with Crippen molar-refractivity contribution in [2.24, 2.45) is 0 Å². The number of hydrogen-bond donors (Lipinski definition) is 0. The summed E-state index contributed by atoms with van der Waals surface area (Å²) in [7, 11) is 0. The van der Waals surface area contributed by atoms with Crippen LogP contribution in [0.5, 0.6) is 5.75 Å². The lowest BCUT2D eigenvalue weighted by molar-refractivity contribution is -0.384. The summed E-state index contributed by atoms with van der Waals surface area (Å²) in [5.74, 6) is 0.503. The molecule has 4 rings (SSSR count). The Morgan fingerprint density at radius 3 is 2.31 bits per heavy atom. The average molecular weight is 527 g/mol. The van der Waals surface area contributed by atoms with Gasteiger partial charge in [0.2, 0.25) is 0 Å². The molecule has 1 amide bonds. The minimum absolute atomic E-state index is 0.0450. The van der Waals surface area contributed by atoms with Gasteiger partial charge in [0.25, 0.3) is 11.6 Å². The third kappa shape index (κ3) is 5.07. The summed E-state index contributed by atoms with van der Waals surface area (Å²) >= 11 is 10.1. The number of nitrogens with zero attached hydrogens (tertiary/aromatic N) is 2. The Labute approximate surface area is 202 Å². The summed E-state index contributed by atoms with van der Waals surface area (Å²) in [6.07, 6.45) is 1.80. The van der Waals surface area contributed by atoms with Gasteiger partial charge in [-0.1, -0.05) is 52.0 Å². The molecule has 1 aliphatic rings. The Morgan fingerprint density at radius 2 is 1.69 bits per heavy atom. The van der Waals surface area contributed by atoms with Crippen LogP contribution in [0.15, 0.2) is 82.2 Å². The Morgan fingerprint density at radius 1 is 1.03 bits per heavy atom. The largest absolute Gasteiger partial charge is 0.489 e. The first-order valence-electron chi connectivity index (χ1n) is 9.40. The summed E-state index contributed by atoms with van der Waals surface area (Å²) < 4.78 is 7.17. The molecule has 1 fully saturated rings. The monoisotopic (exact) mass is 526 g/mol. The predicted octanol–water partition coefficient (Wildman–Crippen LogP) is 6.34. The van der Waals surface area contributed by atoms with E-state index in [1.807, 2.05) is 48.5 Å². The molecule has 1 aliphatic heterocycles. The lowest BCUT2D eigenvalue weighted by Crippen LogP contribution is -2.27. The van der Waals surface area contributed by atoms with Crippen molar-refractivity contribution in [2.75, 3.05) is 4.90 Å². The Hall–Kier alpha value is -3.01. The summed E-state index contributed by atoms with van der Waals surface area (Å²) in [5, 5.41) is 10.7. The number of nitro benzene ring substituents is 1. The number of thiocarbonyl (C=S) groups is 1. The van der Waals surface area contributed by atoms with Crippen molar-refractivity contribution in [3.63, 3.8) is 0 Å². The minimum atomic E-state index is -0.434. The first-order chi connectivity index (χ1) is 15.4. The van der Waals surface area contributed by atoms with Gasteiger partial charge in [-0.05, 0) is 65.7 Å². The SMILES string of the molecule is O=C1/C(=C\c2ccc(OCc3ccc([N+](=O)[O-])cc3)cc2)SC(=S)N1c1ccc(Br)cc1. The molecular weight excluding hydrogens is 512 g/mol. The fourth-order valence-corrected chi connectivity index (χ4v) is 4.54. The fraction of sp³-hybridized carbons (Fsp3) is 0.0435. The number of thioether (sulfide) groups is 1. The van der Waals surface area contributed by atoms with E-state index in [-0.39, 0.29) is 11.6 Å². The second-order valence-electron chi connectivity index (χ2n) is 6.77. The quantitative estimate of drug-likeness (QED) is 0.161. The minimum Gasteiger partial charge on any atom is -0.489 e. The third-order valence-electron chi connectivity index (χ3n) is 4.61. The van der Waals surface area contributed by atoms with Crippen molar-refractivity contribution in [1.29, 1.82) is 0 Å². The van der Waals surface area contributed by atoms with Crippen LogP contribution in [0.1, 0.15) is 11.1 Å². The van der Waals surface area contributed by atoms with Gasteiger partial charge in [-0.3, -0.25) is 19.8 Å². The summed E-state index contributed by atoms with van der Waals surface area (Å²) in [5.41, 5.74) is 2.46.